The van der Waals surface area contributed by atoms with Gasteiger partial charge in [0.15, 0.2) is 0 Å². The largest absolute Gasteiger partial charge is 0.347 e. The van der Waals surface area contributed by atoms with Gasteiger partial charge in [0, 0.05) is 6.04 Å². The van der Waals surface area contributed by atoms with Crippen LogP contribution >= 0.6 is 0 Å². The van der Waals surface area contributed by atoms with Crippen LogP contribution in [0, 0.1) is 29.6 Å². The maximum atomic E-state index is 13.0. The van der Waals surface area contributed by atoms with Gasteiger partial charge in [0.1, 0.15) is 5.69 Å². The molecule has 1 aromatic rings. The smallest absolute Gasteiger partial charge is 0.270 e. The zero-order valence-corrected chi connectivity index (χ0v) is 9.97. The molecule has 94 valence electrons. The molecule has 1 heterocycles. The molecule has 4 heteroatoms. The topological polar surface area (TPSA) is 42.0 Å². The quantitative estimate of drug-likeness (QED) is 0.811. The van der Waals surface area contributed by atoms with Crippen molar-refractivity contribution in [1.29, 1.82) is 0 Å². The monoisotopic (exact) mass is 246 g/mol. The first kappa shape index (κ1) is 10.5. The summed E-state index contributed by atoms with van der Waals surface area (Å²) in [5.41, 5.74) is 0.187. The molecular weight excluding hydrogens is 231 g/mol. The second-order valence-corrected chi connectivity index (χ2v) is 5.83. The Morgan fingerprint density at radius 2 is 2.00 bits per heavy atom. The maximum Gasteiger partial charge on any atom is 0.270 e. The molecule has 3 aliphatic rings. The van der Waals surface area contributed by atoms with E-state index in [1.54, 1.807) is 6.07 Å². The molecule has 1 aromatic heterocycles. The van der Waals surface area contributed by atoms with Gasteiger partial charge in [-0.25, -0.2) is 4.98 Å². The van der Waals surface area contributed by atoms with Crippen molar-refractivity contribution in [2.24, 2.45) is 23.7 Å². The summed E-state index contributed by atoms with van der Waals surface area (Å²) in [6.07, 6.45) is 4.02. The minimum Gasteiger partial charge on any atom is -0.347 e. The van der Waals surface area contributed by atoms with Gasteiger partial charge in [-0.2, -0.15) is 4.39 Å². The van der Waals surface area contributed by atoms with Crippen molar-refractivity contribution in [2.45, 2.75) is 25.3 Å². The lowest BCUT2D eigenvalue weighted by atomic mass is 10.0. The first-order valence-corrected chi connectivity index (χ1v) is 6.67. The predicted octanol–water partition coefficient (Wildman–Crippen LogP) is 1.99. The molecule has 3 saturated carbocycles. The predicted molar refractivity (Wildman–Crippen MR) is 63.3 cm³/mol. The molecule has 4 atom stereocenters. The molecule has 3 fully saturated rings. The van der Waals surface area contributed by atoms with Gasteiger partial charge in [0.05, 0.1) is 0 Å². The fraction of sp³-hybridized carbons (Fsp3) is 0.571. The molecule has 3 aliphatic carbocycles. The van der Waals surface area contributed by atoms with Crippen molar-refractivity contribution >= 4 is 5.91 Å². The molecule has 0 aliphatic heterocycles. The van der Waals surface area contributed by atoms with Crippen LogP contribution in [0.2, 0.25) is 0 Å². The summed E-state index contributed by atoms with van der Waals surface area (Å²) in [6, 6.07) is 4.66. The molecule has 4 unspecified atom stereocenters. The van der Waals surface area contributed by atoms with Gasteiger partial charge in [0.25, 0.3) is 5.91 Å². The Morgan fingerprint density at radius 3 is 2.67 bits per heavy atom. The third kappa shape index (κ3) is 1.41. The highest BCUT2D eigenvalue weighted by molar-refractivity contribution is 5.92. The fourth-order valence-electron chi connectivity index (χ4n) is 4.28. The van der Waals surface area contributed by atoms with E-state index in [2.05, 4.69) is 10.3 Å². The van der Waals surface area contributed by atoms with Crippen molar-refractivity contribution in [2.75, 3.05) is 0 Å². The zero-order valence-electron chi connectivity index (χ0n) is 9.97. The number of fused-ring (bicyclic) bond motifs is 5. The number of rotatable bonds is 2. The van der Waals surface area contributed by atoms with Gasteiger partial charge in [-0.05, 0) is 55.1 Å². The summed E-state index contributed by atoms with van der Waals surface area (Å²) in [4.78, 5) is 15.6. The summed E-state index contributed by atoms with van der Waals surface area (Å²) in [7, 11) is 0. The molecule has 0 aromatic carbocycles. The first-order chi connectivity index (χ1) is 8.74. The van der Waals surface area contributed by atoms with Crippen LogP contribution in [-0.2, 0) is 0 Å². The lowest BCUT2D eigenvalue weighted by molar-refractivity contribution is 0.0938. The van der Waals surface area contributed by atoms with Gasteiger partial charge in [0.2, 0.25) is 5.95 Å². The lowest BCUT2D eigenvalue weighted by Crippen LogP contribution is -2.30. The van der Waals surface area contributed by atoms with E-state index >= 15 is 0 Å². The van der Waals surface area contributed by atoms with E-state index in [4.69, 9.17) is 0 Å². The Balaban J connectivity index is 1.46. The molecule has 2 bridgehead atoms. The first-order valence-electron chi connectivity index (χ1n) is 6.67. The Labute approximate surface area is 105 Å². The number of hydrogen-bond donors (Lipinski definition) is 1. The molecule has 1 N–H and O–H groups in total. The average molecular weight is 246 g/mol. The number of nitrogens with one attached hydrogen (secondary N) is 1. The summed E-state index contributed by atoms with van der Waals surface area (Å²) >= 11 is 0. The van der Waals surface area contributed by atoms with Crippen LogP contribution in [-0.4, -0.2) is 16.9 Å². The van der Waals surface area contributed by atoms with Crippen LogP contribution in [0.3, 0.4) is 0 Å². The van der Waals surface area contributed by atoms with Gasteiger partial charge in [-0.3, -0.25) is 4.79 Å². The zero-order chi connectivity index (χ0) is 12.3. The highest BCUT2D eigenvalue weighted by Gasteiger charge is 2.65. The number of amides is 1. The molecule has 18 heavy (non-hydrogen) atoms. The standard InChI is InChI=1S/C14H15FN2O/c15-10-3-1-2-9(16-10)14(18)17-13-11-7-4-5-8(6-7)12(11)13/h1-3,7-8,11-13H,4-6H2,(H,17,18). The summed E-state index contributed by atoms with van der Waals surface area (Å²) < 4.78 is 13.0. The average Bonchev–Trinajstić information content (AvgIpc) is 2.77. The van der Waals surface area contributed by atoms with Crippen molar-refractivity contribution in [1.82, 2.24) is 10.3 Å². The molecular formula is C14H15FN2O. The molecule has 0 spiro atoms. The number of hydrogen-bond acceptors (Lipinski definition) is 2. The number of nitrogens with zero attached hydrogens (tertiary/aromatic N) is 1. The van der Waals surface area contributed by atoms with Gasteiger partial charge < -0.3 is 5.32 Å². The number of aromatic nitrogens is 1. The number of carbonyl (C=O) groups excluding carboxylic acids is 1. The summed E-state index contributed by atoms with van der Waals surface area (Å²) in [5, 5.41) is 3.03. The normalized spacial score (nSPS) is 39.5. The molecule has 1 amide bonds. The van der Waals surface area contributed by atoms with E-state index in [0.29, 0.717) is 17.9 Å². The van der Waals surface area contributed by atoms with Gasteiger partial charge >= 0.3 is 0 Å². The minimum atomic E-state index is -0.598. The number of halogens is 1. The SMILES string of the molecule is O=C(NC1C2C3CCC(C3)C12)c1cccc(F)n1. The van der Waals surface area contributed by atoms with Crippen molar-refractivity contribution in [3.05, 3.63) is 29.8 Å². The highest BCUT2D eigenvalue weighted by atomic mass is 19.1. The third-order valence-electron chi connectivity index (χ3n) is 4.98. The number of pyridine rings is 1. The Kier molecular flexibility index (Phi) is 2.05. The Morgan fingerprint density at radius 1 is 1.28 bits per heavy atom. The minimum absolute atomic E-state index is 0.187. The molecule has 0 saturated heterocycles. The van der Waals surface area contributed by atoms with E-state index in [9.17, 15) is 9.18 Å². The fourth-order valence-corrected chi connectivity index (χ4v) is 4.28. The van der Waals surface area contributed by atoms with E-state index in [1.165, 1.54) is 31.4 Å². The van der Waals surface area contributed by atoms with Gasteiger partial charge in [-0.1, -0.05) is 6.07 Å². The Bertz CT molecular complexity index is 502. The van der Waals surface area contributed by atoms with Crippen LogP contribution in [0.1, 0.15) is 29.8 Å². The second kappa shape index (κ2) is 3.53. The molecule has 4 rings (SSSR count). The van der Waals surface area contributed by atoms with Gasteiger partial charge in [-0.15, -0.1) is 0 Å². The summed E-state index contributed by atoms with van der Waals surface area (Å²) in [5.74, 6) is 2.21. The Hall–Kier alpha value is -1.45. The van der Waals surface area contributed by atoms with Crippen LogP contribution in [0.15, 0.2) is 18.2 Å². The van der Waals surface area contributed by atoms with Crippen LogP contribution in [0.25, 0.3) is 0 Å². The highest BCUT2D eigenvalue weighted by Crippen LogP contribution is 2.65. The third-order valence-corrected chi connectivity index (χ3v) is 4.98. The van der Waals surface area contributed by atoms with E-state index in [-0.39, 0.29) is 11.6 Å². The van der Waals surface area contributed by atoms with E-state index < -0.39 is 5.95 Å². The molecule has 3 nitrogen and oxygen atoms in total. The van der Waals surface area contributed by atoms with E-state index in [0.717, 1.165) is 11.8 Å². The van der Waals surface area contributed by atoms with Crippen LogP contribution in [0.5, 0.6) is 0 Å². The van der Waals surface area contributed by atoms with Crippen LogP contribution in [0.4, 0.5) is 4.39 Å². The maximum absolute atomic E-state index is 13.0. The summed E-state index contributed by atoms with van der Waals surface area (Å²) in [6.45, 7) is 0. The van der Waals surface area contributed by atoms with Crippen molar-refractivity contribution < 1.29 is 9.18 Å². The van der Waals surface area contributed by atoms with Crippen molar-refractivity contribution in [3.63, 3.8) is 0 Å². The lowest BCUT2D eigenvalue weighted by Gasteiger charge is -2.10. The second-order valence-electron chi connectivity index (χ2n) is 5.83. The van der Waals surface area contributed by atoms with Crippen molar-refractivity contribution in [3.8, 4) is 0 Å². The van der Waals surface area contributed by atoms with Crippen LogP contribution < -0.4 is 5.32 Å². The number of carbonyl (C=O) groups is 1. The van der Waals surface area contributed by atoms with E-state index in [1.807, 2.05) is 0 Å². The molecule has 0 radical (unpaired) electrons.